The maximum atomic E-state index is 9.45. The number of hydrogen-bond acceptors (Lipinski definition) is 6. The highest BCUT2D eigenvalue weighted by Crippen LogP contribution is 2.41. The van der Waals surface area contributed by atoms with Gasteiger partial charge >= 0.3 is 0 Å². The summed E-state index contributed by atoms with van der Waals surface area (Å²) in [4.78, 5) is 30.0. The maximum Gasteiger partial charge on any atom is 0.290 e. The molecule has 0 saturated heterocycles. The van der Waals surface area contributed by atoms with E-state index >= 15 is 0 Å². The maximum absolute atomic E-state index is 9.45. The Morgan fingerprint density at radius 3 is 0.946 bits per heavy atom. The summed E-state index contributed by atoms with van der Waals surface area (Å²) in [5, 5.41) is 19.4. The van der Waals surface area contributed by atoms with Crippen molar-refractivity contribution in [1.82, 2.24) is 26.2 Å². The van der Waals surface area contributed by atoms with Crippen LogP contribution in [0.1, 0.15) is 331 Å². The molecular weight excluding hydrogens is 915 g/mol. The van der Waals surface area contributed by atoms with E-state index < -0.39 is 0 Å². The Morgan fingerprint density at radius 2 is 0.635 bits per heavy atom. The molecule has 9 heteroatoms. The van der Waals surface area contributed by atoms with E-state index in [1.807, 2.05) is 13.8 Å². The molecule has 0 aromatic heterocycles. The lowest BCUT2D eigenvalue weighted by Gasteiger charge is -2.22. The molecule has 0 aromatic carbocycles. The molecule has 2 unspecified atom stereocenters. The topological polar surface area (TPSA) is 123 Å². The lowest BCUT2D eigenvalue weighted by atomic mass is 10.1. The number of unbranched alkanes of at least 4 members (excludes halogenated alkanes) is 35. The third-order valence-electron chi connectivity index (χ3n) is 14.5. The van der Waals surface area contributed by atoms with E-state index in [4.69, 9.17) is 9.90 Å². The van der Waals surface area contributed by atoms with Gasteiger partial charge in [0.15, 0.2) is 0 Å². The van der Waals surface area contributed by atoms with E-state index in [-0.39, 0.29) is 6.47 Å². The standard InChI is InChI=1S/C29H62N2.C27H55N.2C4H9NO.CH2O2/c1-4-7-10-13-16-19-22-25-30-26-29-31(27-23-20-17-14-11-8-5-2)28-24-21-18-15-12-9-6-3;1-3-5-7-9-11-12-13-14-15-17-19-21-23-28-25-27-24-26(27)22-20-18-16-10-8-6-4-2;2*1-2-3-5-4-6;2-1-3/h30H,4-29H2,1-3H3;26-28H,3-25H2,1-2H3;2*4H,2-3H2,1H3,(H,5,6);1H,(H,2,3). The highest BCUT2D eigenvalue weighted by atomic mass is 16.3. The molecule has 1 aliphatic rings. The average molecular weight is 1050 g/mol. The lowest BCUT2D eigenvalue weighted by Crippen LogP contribution is -2.34. The number of carboxylic acid groups (broad SMARTS) is 1. The van der Waals surface area contributed by atoms with Gasteiger partial charge in [0.2, 0.25) is 12.8 Å². The zero-order valence-corrected chi connectivity index (χ0v) is 51.5. The highest BCUT2D eigenvalue weighted by molar-refractivity contribution is 5.45. The third kappa shape index (κ3) is 79.2. The summed E-state index contributed by atoms with van der Waals surface area (Å²) in [6.07, 6.45) is 63.9. The van der Waals surface area contributed by atoms with Crippen LogP contribution in [0.5, 0.6) is 0 Å². The van der Waals surface area contributed by atoms with Gasteiger partial charge in [-0.1, -0.05) is 286 Å². The molecule has 1 aliphatic carbocycles. The molecule has 0 bridgehead atoms. The van der Waals surface area contributed by atoms with Crippen molar-refractivity contribution in [3.05, 3.63) is 0 Å². The summed E-state index contributed by atoms with van der Waals surface area (Å²) in [5.74, 6) is 2.10. The van der Waals surface area contributed by atoms with Gasteiger partial charge in [0.1, 0.15) is 0 Å². The van der Waals surface area contributed by atoms with Crippen LogP contribution in [0.15, 0.2) is 0 Å². The van der Waals surface area contributed by atoms with Gasteiger partial charge < -0.3 is 31.3 Å². The molecule has 1 rings (SSSR count). The fourth-order valence-corrected chi connectivity index (χ4v) is 9.55. The molecule has 0 aliphatic heterocycles. The number of hydrogen-bond donors (Lipinski definition) is 5. The second kappa shape index (κ2) is 77.8. The Hall–Kier alpha value is -1.71. The number of carbonyl (C=O) groups excluding carboxylic acids is 2. The van der Waals surface area contributed by atoms with E-state index in [2.05, 4.69) is 60.8 Å². The molecule has 5 N–H and O–H groups in total. The van der Waals surface area contributed by atoms with Crippen molar-refractivity contribution in [3.63, 3.8) is 0 Å². The summed E-state index contributed by atoms with van der Waals surface area (Å²) in [6, 6.07) is 0. The molecule has 9 nitrogen and oxygen atoms in total. The zero-order valence-electron chi connectivity index (χ0n) is 51.5. The summed E-state index contributed by atoms with van der Waals surface area (Å²) in [6.45, 7) is 25.8. The minimum Gasteiger partial charge on any atom is -0.483 e. The molecule has 0 radical (unpaired) electrons. The van der Waals surface area contributed by atoms with Crippen LogP contribution in [-0.4, -0.2) is 88.2 Å². The molecule has 0 heterocycles. The van der Waals surface area contributed by atoms with Crippen LogP contribution >= 0.6 is 0 Å². The largest absolute Gasteiger partial charge is 0.483 e. The molecule has 74 heavy (non-hydrogen) atoms. The van der Waals surface area contributed by atoms with Crippen LogP contribution in [0.3, 0.4) is 0 Å². The minimum atomic E-state index is -0.250. The van der Waals surface area contributed by atoms with Crippen LogP contribution in [-0.2, 0) is 14.4 Å². The Morgan fingerprint density at radius 1 is 0.338 bits per heavy atom. The van der Waals surface area contributed by atoms with E-state index in [0.717, 1.165) is 37.8 Å². The first kappa shape index (κ1) is 78.8. The minimum absolute atomic E-state index is 0.250. The Balaban J connectivity index is -0.000000519. The van der Waals surface area contributed by atoms with Crippen molar-refractivity contribution >= 4 is 19.3 Å². The Labute approximate surface area is 464 Å². The van der Waals surface area contributed by atoms with Crippen LogP contribution < -0.4 is 21.3 Å². The van der Waals surface area contributed by atoms with Crippen molar-refractivity contribution in [1.29, 1.82) is 0 Å². The first-order valence-electron chi connectivity index (χ1n) is 33.0. The monoisotopic (exact) mass is 1050 g/mol. The third-order valence-corrected chi connectivity index (χ3v) is 14.5. The summed E-state index contributed by atoms with van der Waals surface area (Å²) >= 11 is 0. The van der Waals surface area contributed by atoms with Crippen LogP contribution in [0, 0.1) is 11.8 Å². The summed E-state index contributed by atoms with van der Waals surface area (Å²) in [7, 11) is 0. The molecule has 2 atom stereocenters. The molecule has 1 fully saturated rings. The van der Waals surface area contributed by atoms with Crippen molar-refractivity contribution in [2.45, 2.75) is 331 Å². The van der Waals surface area contributed by atoms with Crippen molar-refractivity contribution in [2.24, 2.45) is 11.8 Å². The van der Waals surface area contributed by atoms with Gasteiger partial charge in [0, 0.05) is 26.2 Å². The molecule has 446 valence electrons. The van der Waals surface area contributed by atoms with Crippen LogP contribution in [0.4, 0.5) is 0 Å². The number of carbonyl (C=O) groups is 3. The van der Waals surface area contributed by atoms with Gasteiger partial charge in [0.05, 0.1) is 0 Å². The normalized spacial score (nSPS) is 13.3. The van der Waals surface area contributed by atoms with Gasteiger partial charge in [-0.2, -0.15) is 0 Å². The molecule has 0 aromatic rings. The van der Waals surface area contributed by atoms with E-state index in [1.165, 1.54) is 315 Å². The lowest BCUT2D eigenvalue weighted by molar-refractivity contribution is -0.123. The predicted octanol–water partition coefficient (Wildman–Crippen LogP) is 18.2. The second-order valence-corrected chi connectivity index (χ2v) is 22.0. The first-order valence-corrected chi connectivity index (χ1v) is 33.0. The van der Waals surface area contributed by atoms with E-state index in [9.17, 15) is 9.59 Å². The number of rotatable bonds is 56. The number of amides is 2. The van der Waals surface area contributed by atoms with E-state index in [0.29, 0.717) is 12.8 Å². The Kier molecular flexibility index (Phi) is 82.8. The molecule has 2 amide bonds. The van der Waals surface area contributed by atoms with Crippen molar-refractivity contribution in [3.8, 4) is 0 Å². The van der Waals surface area contributed by atoms with Crippen LogP contribution in [0.25, 0.3) is 0 Å². The first-order chi connectivity index (χ1) is 36.5. The van der Waals surface area contributed by atoms with Gasteiger partial charge in [0.25, 0.3) is 6.47 Å². The van der Waals surface area contributed by atoms with Crippen molar-refractivity contribution < 1.29 is 19.5 Å². The van der Waals surface area contributed by atoms with Gasteiger partial charge in [-0.25, -0.2) is 0 Å². The van der Waals surface area contributed by atoms with Gasteiger partial charge in [-0.3, -0.25) is 14.4 Å². The summed E-state index contributed by atoms with van der Waals surface area (Å²) in [5.41, 5.74) is 0. The highest BCUT2D eigenvalue weighted by Gasteiger charge is 2.35. The summed E-state index contributed by atoms with van der Waals surface area (Å²) < 4.78 is 0. The quantitative estimate of drug-likeness (QED) is 0.0304. The molecule has 0 spiro atoms. The average Bonchev–Trinajstić information content (AvgIpc) is 4.17. The number of nitrogens with zero attached hydrogens (tertiary/aromatic N) is 1. The number of nitrogens with one attached hydrogen (secondary N) is 4. The molecular formula is C65H137N5O4. The van der Waals surface area contributed by atoms with Gasteiger partial charge in [-0.05, 0) is 89.5 Å². The SMILES string of the molecule is CCCCCCCCCCCCCCNCC1CC1CCCCCCCCC.CCCCCCCCCNCCN(CCCCCCCCC)CCCCCCCCC.CCCNC=O.CCCNC=O.O=CO. The fourth-order valence-electron chi connectivity index (χ4n) is 9.55. The fraction of sp³-hybridized carbons (Fsp3) is 0.954. The van der Waals surface area contributed by atoms with E-state index in [1.54, 1.807) is 0 Å². The smallest absolute Gasteiger partial charge is 0.290 e. The second-order valence-electron chi connectivity index (χ2n) is 22.0. The zero-order chi connectivity index (χ0) is 55.2. The Bertz CT molecular complexity index is 947. The van der Waals surface area contributed by atoms with Crippen LogP contribution in [0.2, 0.25) is 0 Å². The van der Waals surface area contributed by atoms with Gasteiger partial charge in [-0.15, -0.1) is 0 Å². The van der Waals surface area contributed by atoms with Crippen molar-refractivity contribution in [2.75, 3.05) is 58.9 Å². The predicted molar refractivity (Wildman–Crippen MR) is 329 cm³/mol. The molecule has 1 saturated carbocycles.